The van der Waals surface area contributed by atoms with Crippen LogP contribution < -0.4 is 5.32 Å². The minimum absolute atomic E-state index is 0.264. The highest BCUT2D eigenvalue weighted by molar-refractivity contribution is 4.90. The van der Waals surface area contributed by atoms with Gasteiger partial charge in [0.2, 0.25) is 0 Å². The van der Waals surface area contributed by atoms with Crippen LogP contribution in [0.4, 0.5) is 4.39 Å². The highest BCUT2D eigenvalue weighted by atomic mass is 19.1. The van der Waals surface area contributed by atoms with Crippen LogP contribution in [0.1, 0.15) is 40.0 Å². The van der Waals surface area contributed by atoms with Gasteiger partial charge in [-0.1, -0.05) is 20.8 Å². The molecule has 0 spiro atoms. The Morgan fingerprint density at radius 3 is 2.25 bits per heavy atom. The van der Waals surface area contributed by atoms with E-state index in [2.05, 4.69) is 26.1 Å². The van der Waals surface area contributed by atoms with E-state index in [4.69, 9.17) is 0 Å². The van der Waals surface area contributed by atoms with Crippen molar-refractivity contribution in [2.24, 2.45) is 5.41 Å². The lowest BCUT2D eigenvalue weighted by Gasteiger charge is -2.34. The van der Waals surface area contributed by atoms with E-state index < -0.39 is 5.67 Å². The van der Waals surface area contributed by atoms with Gasteiger partial charge >= 0.3 is 0 Å². The van der Waals surface area contributed by atoms with Crippen LogP contribution >= 0.6 is 0 Å². The molecule has 2 heteroatoms. The molecule has 0 amide bonds. The summed E-state index contributed by atoms with van der Waals surface area (Å²) in [5.74, 6) is 0. The van der Waals surface area contributed by atoms with Gasteiger partial charge in [0.1, 0.15) is 5.67 Å². The fraction of sp³-hybridized carbons (Fsp3) is 1.00. The normalized spacial score (nSPS) is 22.0. The lowest BCUT2D eigenvalue weighted by molar-refractivity contribution is 0.0610. The fourth-order valence-electron chi connectivity index (χ4n) is 1.40. The molecule has 1 aliphatic rings. The van der Waals surface area contributed by atoms with E-state index in [9.17, 15) is 4.39 Å². The topological polar surface area (TPSA) is 12.0 Å². The van der Waals surface area contributed by atoms with Crippen LogP contribution in [0.3, 0.4) is 0 Å². The Kier molecular flexibility index (Phi) is 2.77. The SMILES string of the molecule is CC(C)(C)CNCC1(F)CCC1. The summed E-state index contributed by atoms with van der Waals surface area (Å²) in [5, 5.41) is 3.19. The number of rotatable bonds is 3. The number of hydrogen-bond donors (Lipinski definition) is 1. The maximum atomic E-state index is 13.4. The Morgan fingerprint density at radius 1 is 1.33 bits per heavy atom. The van der Waals surface area contributed by atoms with E-state index in [1.165, 1.54) is 0 Å². The zero-order valence-electron chi connectivity index (χ0n) is 8.41. The molecule has 0 atom stereocenters. The molecule has 0 aliphatic heterocycles. The predicted molar refractivity (Wildman–Crippen MR) is 50.0 cm³/mol. The van der Waals surface area contributed by atoms with E-state index in [0.29, 0.717) is 6.54 Å². The van der Waals surface area contributed by atoms with Gasteiger partial charge in [0.15, 0.2) is 0 Å². The van der Waals surface area contributed by atoms with Crippen molar-refractivity contribution < 1.29 is 4.39 Å². The second kappa shape index (κ2) is 3.33. The molecule has 0 heterocycles. The summed E-state index contributed by atoms with van der Waals surface area (Å²) in [6, 6.07) is 0. The van der Waals surface area contributed by atoms with Gasteiger partial charge in [-0.05, 0) is 24.7 Å². The quantitative estimate of drug-likeness (QED) is 0.691. The van der Waals surface area contributed by atoms with Crippen LogP contribution in [0.15, 0.2) is 0 Å². The fourth-order valence-corrected chi connectivity index (χ4v) is 1.40. The number of nitrogens with one attached hydrogen (secondary N) is 1. The van der Waals surface area contributed by atoms with Crippen LogP contribution in [-0.4, -0.2) is 18.8 Å². The third kappa shape index (κ3) is 3.10. The van der Waals surface area contributed by atoms with Crippen molar-refractivity contribution in [2.75, 3.05) is 13.1 Å². The molecule has 1 nitrogen and oxygen atoms in total. The highest BCUT2D eigenvalue weighted by Gasteiger charge is 2.36. The summed E-state index contributed by atoms with van der Waals surface area (Å²) in [4.78, 5) is 0. The van der Waals surface area contributed by atoms with E-state index >= 15 is 0 Å². The molecule has 1 rings (SSSR count). The smallest absolute Gasteiger partial charge is 0.123 e. The summed E-state index contributed by atoms with van der Waals surface area (Å²) in [6.45, 7) is 7.92. The summed E-state index contributed by atoms with van der Waals surface area (Å²) >= 11 is 0. The number of alkyl halides is 1. The Balaban J connectivity index is 2.10. The Bertz CT molecular complexity index is 144. The first-order valence-corrected chi connectivity index (χ1v) is 4.81. The van der Waals surface area contributed by atoms with Gasteiger partial charge in [0.05, 0.1) is 0 Å². The van der Waals surface area contributed by atoms with Gasteiger partial charge in [0.25, 0.3) is 0 Å². The monoisotopic (exact) mass is 173 g/mol. The Labute approximate surface area is 74.7 Å². The first-order chi connectivity index (χ1) is 5.41. The van der Waals surface area contributed by atoms with Crippen molar-refractivity contribution in [3.8, 4) is 0 Å². The van der Waals surface area contributed by atoms with Gasteiger partial charge < -0.3 is 5.32 Å². The van der Waals surface area contributed by atoms with E-state index in [0.717, 1.165) is 25.8 Å². The van der Waals surface area contributed by atoms with Crippen molar-refractivity contribution in [3.05, 3.63) is 0 Å². The molecule has 1 saturated carbocycles. The van der Waals surface area contributed by atoms with Crippen LogP contribution in [-0.2, 0) is 0 Å². The molecule has 0 radical (unpaired) electrons. The van der Waals surface area contributed by atoms with E-state index in [1.807, 2.05) is 0 Å². The molecule has 0 unspecified atom stereocenters. The lowest BCUT2D eigenvalue weighted by Crippen LogP contribution is -2.44. The van der Waals surface area contributed by atoms with Crippen LogP contribution in [0.25, 0.3) is 0 Å². The molecular weight excluding hydrogens is 153 g/mol. The van der Waals surface area contributed by atoms with Gasteiger partial charge in [-0.25, -0.2) is 4.39 Å². The lowest BCUT2D eigenvalue weighted by atomic mass is 9.82. The third-order valence-corrected chi connectivity index (χ3v) is 2.35. The molecule has 12 heavy (non-hydrogen) atoms. The largest absolute Gasteiger partial charge is 0.313 e. The van der Waals surface area contributed by atoms with E-state index in [-0.39, 0.29) is 5.41 Å². The maximum absolute atomic E-state index is 13.4. The van der Waals surface area contributed by atoms with Gasteiger partial charge in [-0.3, -0.25) is 0 Å². The van der Waals surface area contributed by atoms with Crippen molar-refractivity contribution in [2.45, 2.75) is 45.7 Å². The molecule has 72 valence electrons. The van der Waals surface area contributed by atoms with Crippen LogP contribution in [0, 0.1) is 5.41 Å². The first kappa shape index (κ1) is 9.97. The molecule has 0 saturated heterocycles. The molecule has 0 aromatic rings. The molecule has 0 aromatic carbocycles. The number of halogens is 1. The van der Waals surface area contributed by atoms with Crippen LogP contribution in [0.2, 0.25) is 0 Å². The standard InChI is InChI=1S/C10H20FN/c1-9(2,3)7-12-8-10(11)5-4-6-10/h12H,4-8H2,1-3H3. The molecule has 1 N–H and O–H groups in total. The minimum atomic E-state index is -0.870. The summed E-state index contributed by atoms with van der Waals surface area (Å²) in [6.07, 6.45) is 2.57. The average Bonchev–Trinajstić information content (AvgIpc) is 1.81. The second-order valence-electron chi connectivity index (χ2n) is 5.17. The number of hydrogen-bond acceptors (Lipinski definition) is 1. The first-order valence-electron chi connectivity index (χ1n) is 4.81. The zero-order valence-corrected chi connectivity index (χ0v) is 8.41. The predicted octanol–water partition coefficient (Wildman–Crippen LogP) is 2.51. The maximum Gasteiger partial charge on any atom is 0.123 e. The summed E-state index contributed by atoms with van der Waals surface area (Å²) in [5.41, 5.74) is -0.606. The zero-order chi connectivity index (χ0) is 9.24. The van der Waals surface area contributed by atoms with Gasteiger partial charge in [-0.2, -0.15) is 0 Å². The average molecular weight is 173 g/mol. The molecule has 0 bridgehead atoms. The van der Waals surface area contributed by atoms with Crippen LogP contribution in [0.5, 0.6) is 0 Å². The second-order valence-corrected chi connectivity index (χ2v) is 5.17. The molecule has 1 fully saturated rings. The van der Waals surface area contributed by atoms with Gasteiger partial charge in [0, 0.05) is 13.1 Å². The Morgan fingerprint density at radius 2 is 1.92 bits per heavy atom. The molecule has 0 aromatic heterocycles. The summed E-state index contributed by atoms with van der Waals surface area (Å²) < 4.78 is 13.4. The third-order valence-electron chi connectivity index (χ3n) is 2.35. The summed E-state index contributed by atoms with van der Waals surface area (Å²) in [7, 11) is 0. The highest BCUT2D eigenvalue weighted by Crippen LogP contribution is 2.34. The van der Waals surface area contributed by atoms with Crippen molar-refractivity contribution >= 4 is 0 Å². The molecule has 1 aliphatic carbocycles. The molecular formula is C10H20FN. The van der Waals surface area contributed by atoms with E-state index in [1.54, 1.807) is 0 Å². The van der Waals surface area contributed by atoms with Gasteiger partial charge in [-0.15, -0.1) is 0 Å². The van der Waals surface area contributed by atoms with Crippen molar-refractivity contribution in [3.63, 3.8) is 0 Å². The van der Waals surface area contributed by atoms with Crippen molar-refractivity contribution in [1.82, 2.24) is 5.32 Å². The van der Waals surface area contributed by atoms with Crippen molar-refractivity contribution in [1.29, 1.82) is 0 Å². The minimum Gasteiger partial charge on any atom is -0.313 e. The Hall–Kier alpha value is -0.110.